The molecule has 0 saturated heterocycles. The van der Waals surface area contributed by atoms with Crippen LogP contribution in [0.25, 0.3) is 0 Å². The van der Waals surface area contributed by atoms with Crippen LogP contribution in [-0.4, -0.2) is 11.7 Å². The lowest BCUT2D eigenvalue weighted by Crippen LogP contribution is -1.88. The smallest absolute Gasteiger partial charge is 0.0684 e. The molecule has 0 radical (unpaired) electrons. The fraction of sp³-hybridized carbons (Fsp3) is 0.400. The number of allylic oxidation sites excluding steroid dienone is 2. The largest absolute Gasteiger partial charge is 0.392 e. The van der Waals surface area contributed by atoms with Crippen LogP contribution in [0.15, 0.2) is 36.5 Å². The van der Waals surface area contributed by atoms with E-state index >= 15 is 0 Å². The maximum Gasteiger partial charge on any atom is 0.0684 e. The van der Waals surface area contributed by atoms with Gasteiger partial charge in [0.25, 0.3) is 0 Å². The predicted molar refractivity (Wildman–Crippen MR) is 51.5 cm³/mol. The summed E-state index contributed by atoms with van der Waals surface area (Å²) in [5.41, 5.74) is 1.82. The monoisotopic (exact) mass is 154 g/mol. The van der Waals surface area contributed by atoms with Gasteiger partial charge in [0.05, 0.1) is 6.61 Å². The third-order valence-electron chi connectivity index (χ3n) is 1.23. The molecule has 0 aromatic carbocycles. The summed E-state index contributed by atoms with van der Waals surface area (Å²) >= 11 is 0. The van der Waals surface area contributed by atoms with Crippen molar-refractivity contribution in [1.82, 2.24) is 0 Å². The number of aliphatic hydroxyl groups is 1. The Labute approximate surface area is 69.8 Å². The minimum atomic E-state index is 0.0430. The molecule has 0 aliphatic rings. The molecule has 0 aliphatic heterocycles. The van der Waals surface area contributed by atoms with E-state index < -0.39 is 0 Å². The van der Waals surface area contributed by atoms with Crippen LogP contribution in [0.5, 0.6) is 0 Å². The fourth-order valence-corrected chi connectivity index (χ4v) is 0.481. The average Bonchev–Trinajstić information content (AvgIpc) is 2.10. The van der Waals surface area contributed by atoms with E-state index in [0.29, 0.717) is 0 Å². The van der Waals surface area contributed by atoms with Gasteiger partial charge >= 0.3 is 0 Å². The van der Waals surface area contributed by atoms with Crippen molar-refractivity contribution >= 4 is 0 Å². The summed E-state index contributed by atoms with van der Waals surface area (Å²) in [6, 6.07) is 0. The zero-order valence-corrected chi connectivity index (χ0v) is 7.72. The van der Waals surface area contributed by atoms with Gasteiger partial charge < -0.3 is 5.11 Å². The Hall–Kier alpha value is -0.820. The molecule has 1 nitrogen and oxygen atoms in total. The SMILES string of the molecule is C=C/C(C)=C(\C=C)CO.CC. The summed E-state index contributed by atoms with van der Waals surface area (Å²) in [5, 5.41) is 8.65. The van der Waals surface area contributed by atoms with Gasteiger partial charge in [0.15, 0.2) is 0 Å². The molecule has 0 saturated carbocycles. The topological polar surface area (TPSA) is 20.2 Å². The number of rotatable bonds is 3. The van der Waals surface area contributed by atoms with Crippen LogP contribution in [0, 0.1) is 0 Å². The Balaban J connectivity index is 0. The normalized spacial score (nSPS) is 10.5. The van der Waals surface area contributed by atoms with E-state index in [4.69, 9.17) is 5.11 Å². The van der Waals surface area contributed by atoms with Crippen molar-refractivity contribution in [3.8, 4) is 0 Å². The van der Waals surface area contributed by atoms with Crippen molar-refractivity contribution in [2.24, 2.45) is 0 Å². The van der Waals surface area contributed by atoms with Crippen molar-refractivity contribution in [2.75, 3.05) is 6.61 Å². The second-order valence-electron chi connectivity index (χ2n) is 1.77. The number of hydrogen-bond donors (Lipinski definition) is 1. The molecule has 0 aromatic rings. The van der Waals surface area contributed by atoms with Crippen molar-refractivity contribution in [3.05, 3.63) is 36.5 Å². The van der Waals surface area contributed by atoms with Gasteiger partial charge in [-0.2, -0.15) is 0 Å². The minimum Gasteiger partial charge on any atom is -0.392 e. The molecule has 0 amide bonds. The number of hydrogen-bond acceptors (Lipinski definition) is 1. The highest BCUT2D eigenvalue weighted by atomic mass is 16.3. The summed E-state index contributed by atoms with van der Waals surface area (Å²) in [7, 11) is 0. The van der Waals surface area contributed by atoms with Crippen LogP contribution >= 0.6 is 0 Å². The van der Waals surface area contributed by atoms with Crippen LogP contribution < -0.4 is 0 Å². The van der Waals surface area contributed by atoms with Crippen molar-refractivity contribution in [3.63, 3.8) is 0 Å². The Bertz CT molecular complexity index is 143. The minimum absolute atomic E-state index is 0.0430. The van der Waals surface area contributed by atoms with E-state index in [1.807, 2.05) is 20.8 Å². The molecule has 0 fully saturated rings. The van der Waals surface area contributed by atoms with Gasteiger partial charge in [-0.15, -0.1) is 0 Å². The highest BCUT2D eigenvalue weighted by Gasteiger charge is 1.89. The molecular formula is C10H18O. The second kappa shape index (κ2) is 9.18. The van der Waals surface area contributed by atoms with Crippen molar-refractivity contribution < 1.29 is 5.11 Å². The lowest BCUT2D eigenvalue weighted by Gasteiger charge is -1.97. The molecule has 0 unspecified atom stereocenters. The van der Waals surface area contributed by atoms with Gasteiger partial charge in [-0.3, -0.25) is 0 Å². The average molecular weight is 154 g/mol. The quantitative estimate of drug-likeness (QED) is 0.620. The Kier molecular flexibility index (Phi) is 10.7. The molecule has 0 rings (SSSR count). The van der Waals surface area contributed by atoms with Crippen LogP contribution in [0.3, 0.4) is 0 Å². The maximum absolute atomic E-state index is 8.65. The lowest BCUT2D eigenvalue weighted by atomic mass is 10.1. The molecule has 11 heavy (non-hydrogen) atoms. The van der Waals surface area contributed by atoms with Gasteiger partial charge in [0, 0.05) is 0 Å². The van der Waals surface area contributed by atoms with E-state index in [1.165, 1.54) is 0 Å². The zero-order chi connectivity index (χ0) is 9.28. The van der Waals surface area contributed by atoms with E-state index in [1.54, 1.807) is 12.2 Å². The lowest BCUT2D eigenvalue weighted by molar-refractivity contribution is 0.334. The van der Waals surface area contributed by atoms with E-state index in [-0.39, 0.29) is 6.61 Å². The molecule has 0 aromatic heterocycles. The first kappa shape index (κ1) is 12.8. The molecule has 0 spiro atoms. The number of aliphatic hydroxyl groups excluding tert-OH is 1. The summed E-state index contributed by atoms with van der Waals surface area (Å²) in [6.07, 6.45) is 3.34. The molecule has 1 heteroatoms. The first-order chi connectivity index (χ1) is 5.26. The van der Waals surface area contributed by atoms with Gasteiger partial charge in [-0.1, -0.05) is 39.2 Å². The summed E-state index contributed by atoms with van der Waals surface area (Å²) in [5.74, 6) is 0. The molecule has 0 atom stereocenters. The molecule has 0 bridgehead atoms. The maximum atomic E-state index is 8.65. The fourth-order valence-electron chi connectivity index (χ4n) is 0.481. The molecule has 1 N–H and O–H groups in total. The Morgan fingerprint density at radius 1 is 1.27 bits per heavy atom. The van der Waals surface area contributed by atoms with Gasteiger partial charge in [0.2, 0.25) is 0 Å². The first-order valence-corrected chi connectivity index (χ1v) is 3.81. The third kappa shape index (κ3) is 5.62. The van der Waals surface area contributed by atoms with Gasteiger partial charge in [0.1, 0.15) is 0 Å². The van der Waals surface area contributed by atoms with Gasteiger partial charge in [-0.05, 0) is 18.1 Å². The summed E-state index contributed by atoms with van der Waals surface area (Å²) in [6.45, 7) is 13.0. The molecule has 64 valence electrons. The molecule has 0 heterocycles. The highest BCUT2D eigenvalue weighted by Crippen LogP contribution is 2.03. The van der Waals surface area contributed by atoms with E-state index in [9.17, 15) is 0 Å². The third-order valence-corrected chi connectivity index (χ3v) is 1.23. The van der Waals surface area contributed by atoms with E-state index in [0.717, 1.165) is 11.1 Å². The highest BCUT2D eigenvalue weighted by molar-refractivity contribution is 5.29. The zero-order valence-electron chi connectivity index (χ0n) is 7.72. The van der Waals surface area contributed by atoms with Gasteiger partial charge in [-0.25, -0.2) is 0 Å². The molecule has 0 aliphatic carbocycles. The first-order valence-electron chi connectivity index (χ1n) is 3.81. The molecular weight excluding hydrogens is 136 g/mol. The summed E-state index contributed by atoms with van der Waals surface area (Å²) in [4.78, 5) is 0. The Morgan fingerprint density at radius 2 is 1.73 bits per heavy atom. The van der Waals surface area contributed by atoms with Crippen LogP contribution in [-0.2, 0) is 0 Å². The Morgan fingerprint density at radius 3 is 1.82 bits per heavy atom. The van der Waals surface area contributed by atoms with Crippen LogP contribution in [0.4, 0.5) is 0 Å². The van der Waals surface area contributed by atoms with Crippen LogP contribution in [0.2, 0.25) is 0 Å². The second-order valence-corrected chi connectivity index (χ2v) is 1.77. The predicted octanol–water partition coefficient (Wildman–Crippen LogP) is 2.69. The summed E-state index contributed by atoms with van der Waals surface area (Å²) < 4.78 is 0. The van der Waals surface area contributed by atoms with Crippen molar-refractivity contribution in [1.29, 1.82) is 0 Å². The van der Waals surface area contributed by atoms with E-state index in [2.05, 4.69) is 13.2 Å². The standard InChI is InChI=1S/C8H12O.C2H6/c1-4-7(3)8(5-2)6-9;1-2/h4-5,9H,1-2,6H2,3H3;1-2H3/b8-7+;. The van der Waals surface area contributed by atoms with Crippen molar-refractivity contribution in [2.45, 2.75) is 20.8 Å². The van der Waals surface area contributed by atoms with Crippen LogP contribution in [0.1, 0.15) is 20.8 Å².